The van der Waals surface area contributed by atoms with Crippen LogP contribution in [0.3, 0.4) is 0 Å². The lowest BCUT2D eigenvalue weighted by molar-refractivity contribution is -0.0498. The van der Waals surface area contributed by atoms with E-state index in [0.29, 0.717) is 26.2 Å². The van der Waals surface area contributed by atoms with Gasteiger partial charge in [0.2, 0.25) is 0 Å². The standard InChI is InChI=1S/C23H28F2N6O/c1-3-21-29-28-17-31(21)14-13-26-23(27-15-18-7-5-4-6-8-18)30(2)16-19-9-11-20(12-10-19)32-22(24)25/h4-12,17,22H,3,13-16H2,1-2H3,(H,26,27). The SMILES string of the molecule is CCc1nncn1CCNC(=NCc1ccccc1)N(C)Cc1ccc(OC(F)F)cc1. The molecule has 170 valence electrons. The summed E-state index contributed by atoms with van der Waals surface area (Å²) in [6.45, 7) is 1.69. The zero-order valence-electron chi connectivity index (χ0n) is 18.3. The summed E-state index contributed by atoms with van der Waals surface area (Å²) >= 11 is 0. The third kappa shape index (κ3) is 7.04. The molecule has 0 fully saturated rings. The number of aromatic nitrogens is 3. The van der Waals surface area contributed by atoms with Gasteiger partial charge in [0.15, 0.2) is 5.96 Å². The predicted molar refractivity (Wildman–Crippen MR) is 120 cm³/mol. The Morgan fingerprint density at radius 2 is 1.88 bits per heavy atom. The first-order valence-corrected chi connectivity index (χ1v) is 10.5. The van der Waals surface area contributed by atoms with E-state index in [1.807, 2.05) is 53.8 Å². The van der Waals surface area contributed by atoms with Gasteiger partial charge in [0.1, 0.15) is 17.9 Å². The number of nitrogens with zero attached hydrogens (tertiary/aromatic N) is 5. The molecule has 3 rings (SSSR count). The van der Waals surface area contributed by atoms with Crippen molar-refractivity contribution in [2.24, 2.45) is 4.99 Å². The number of rotatable bonds is 10. The van der Waals surface area contributed by atoms with Gasteiger partial charge >= 0.3 is 6.61 Å². The van der Waals surface area contributed by atoms with Crippen molar-refractivity contribution in [3.63, 3.8) is 0 Å². The minimum absolute atomic E-state index is 0.142. The van der Waals surface area contributed by atoms with Gasteiger partial charge < -0.3 is 19.5 Å². The zero-order valence-corrected chi connectivity index (χ0v) is 18.3. The van der Waals surface area contributed by atoms with Crippen LogP contribution in [-0.4, -0.2) is 45.8 Å². The Labute approximate surface area is 186 Å². The fourth-order valence-electron chi connectivity index (χ4n) is 3.21. The number of aliphatic imine (C=N–C) groups is 1. The van der Waals surface area contributed by atoms with Crippen LogP contribution in [0.2, 0.25) is 0 Å². The van der Waals surface area contributed by atoms with Gasteiger partial charge in [-0.15, -0.1) is 10.2 Å². The molecule has 0 aliphatic carbocycles. The lowest BCUT2D eigenvalue weighted by atomic mass is 10.2. The zero-order chi connectivity index (χ0) is 22.8. The molecular weight excluding hydrogens is 414 g/mol. The van der Waals surface area contributed by atoms with Gasteiger partial charge in [0.25, 0.3) is 0 Å². The van der Waals surface area contributed by atoms with Crippen LogP contribution >= 0.6 is 0 Å². The molecule has 2 aromatic carbocycles. The van der Waals surface area contributed by atoms with E-state index in [1.54, 1.807) is 30.6 Å². The Hall–Kier alpha value is -3.49. The normalized spacial score (nSPS) is 11.6. The second kappa shape index (κ2) is 11.8. The minimum Gasteiger partial charge on any atom is -0.435 e. The summed E-state index contributed by atoms with van der Waals surface area (Å²) in [5.41, 5.74) is 2.07. The van der Waals surface area contributed by atoms with Crippen molar-refractivity contribution in [2.75, 3.05) is 13.6 Å². The molecule has 0 saturated carbocycles. The van der Waals surface area contributed by atoms with E-state index in [9.17, 15) is 8.78 Å². The number of alkyl halides is 2. The molecule has 32 heavy (non-hydrogen) atoms. The van der Waals surface area contributed by atoms with Gasteiger partial charge in [-0.3, -0.25) is 0 Å². The molecule has 1 aromatic heterocycles. The summed E-state index contributed by atoms with van der Waals surface area (Å²) in [4.78, 5) is 6.77. The van der Waals surface area contributed by atoms with Gasteiger partial charge in [-0.25, -0.2) is 4.99 Å². The smallest absolute Gasteiger partial charge is 0.387 e. The van der Waals surface area contributed by atoms with E-state index in [1.165, 1.54) is 0 Å². The summed E-state index contributed by atoms with van der Waals surface area (Å²) in [5.74, 6) is 1.82. The first kappa shape index (κ1) is 23.2. The lowest BCUT2D eigenvalue weighted by Gasteiger charge is -2.23. The van der Waals surface area contributed by atoms with Crippen molar-refractivity contribution in [2.45, 2.75) is 39.6 Å². The number of halogens is 2. The van der Waals surface area contributed by atoms with E-state index in [2.05, 4.69) is 20.3 Å². The monoisotopic (exact) mass is 442 g/mol. The Balaban J connectivity index is 1.66. The largest absolute Gasteiger partial charge is 0.435 e. The van der Waals surface area contributed by atoms with Crippen molar-refractivity contribution in [1.29, 1.82) is 0 Å². The van der Waals surface area contributed by atoms with Crippen molar-refractivity contribution < 1.29 is 13.5 Å². The highest BCUT2D eigenvalue weighted by atomic mass is 19.3. The number of benzene rings is 2. The van der Waals surface area contributed by atoms with Crippen LogP contribution in [0.15, 0.2) is 65.9 Å². The second-order valence-electron chi connectivity index (χ2n) is 7.22. The van der Waals surface area contributed by atoms with Crippen LogP contribution in [0.1, 0.15) is 23.9 Å². The molecule has 7 nitrogen and oxygen atoms in total. The number of hydrogen-bond donors (Lipinski definition) is 1. The number of guanidine groups is 1. The summed E-state index contributed by atoms with van der Waals surface area (Å²) < 4.78 is 31.2. The molecular formula is C23H28F2N6O. The molecule has 0 aliphatic rings. The van der Waals surface area contributed by atoms with E-state index in [0.717, 1.165) is 29.3 Å². The summed E-state index contributed by atoms with van der Waals surface area (Å²) in [5, 5.41) is 11.5. The Morgan fingerprint density at radius 1 is 1.12 bits per heavy atom. The highest BCUT2D eigenvalue weighted by Gasteiger charge is 2.10. The fourth-order valence-corrected chi connectivity index (χ4v) is 3.21. The van der Waals surface area contributed by atoms with E-state index in [-0.39, 0.29) is 5.75 Å². The van der Waals surface area contributed by atoms with Crippen LogP contribution in [0.4, 0.5) is 8.78 Å². The highest BCUT2D eigenvalue weighted by molar-refractivity contribution is 5.79. The van der Waals surface area contributed by atoms with E-state index < -0.39 is 6.61 Å². The van der Waals surface area contributed by atoms with Crippen LogP contribution in [0.25, 0.3) is 0 Å². The molecule has 0 unspecified atom stereocenters. The van der Waals surface area contributed by atoms with Crippen molar-refractivity contribution in [1.82, 2.24) is 25.0 Å². The van der Waals surface area contributed by atoms with Gasteiger partial charge in [0, 0.05) is 33.1 Å². The number of nitrogens with one attached hydrogen (secondary N) is 1. The molecule has 9 heteroatoms. The molecule has 1 N–H and O–H groups in total. The maximum atomic E-state index is 12.4. The first-order chi connectivity index (χ1) is 15.5. The fraction of sp³-hybridized carbons (Fsp3) is 0.348. The van der Waals surface area contributed by atoms with Crippen molar-refractivity contribution in [3.8, 4) is 5.75 Å². The molecule has 0 spiro atoms. The van der Waals surface area contributed by atoms with Crippen LogP contribution in [0, 0.1) is 0 Å². The third-order valence-corrected chi connectivity index (χ3v) is 4.83. The molecule has 0 amide bonds. The maximum Gasteiger partial charge on any atom is 0.387 e. The topological polar surface area (TPSA) is 67.6 Å². The molecule has 0 radical (unpaired) electrons. The average Bonchev–Trinajstić information content (AvgIpc) is 3.25. The maximum absolute atomic E-state index is 12.4. The molecule has 0 saturated heterocycles. The number of ether oxygens (including phenoxy) is 1. The molecule has 0 aliphatic heterocycles. The van der Waals surface area contributed by atoms with E-state index in [4.69, 9.17) is 4.99 Å². The van der Waals surface area contributed by atoms with Crippen LogP contribution in [0.5, 0.6) is 5.75 Å². The van der Waals surface area contributed by atoms with Gasteiger partial charge in [-0.05, 0) is 23.3 Å². The third-order valence-electron chi connectivity index (χ3n) is 4.83. The second-order valence-corrected chi connectivity index (χ2v) is 7.22. The lowest BCUT2D eigenvalue weighted by Crippen LogP contribution is -2.40. The molecule has 1 heterocycles. The molecule has 0 bridgehead atoms. The van der Waals surface area contributed by atoms with Crippen LogP contribution in [-0.2, 0) is 26.1 Å². The number of aryl methyl sites for hydroxylation is 1. The summed E-state index contributed by atoms with van der Waals surface area (Å²) in [6, 6.07) is 16.7. The van der Waals surface area contributed by atoms with Crippen molar-refractivity contribution >= 4 is 5.96 Å². The quantitative estimate of drug-likeness (QED) is 0.383. The highest BCUT2D eigenvalue weighted by Crippen LogP contribution is 2.16. The first-order valence-electron chi connectivity index (χ1n) is 10.5. The molecule has 0 atom stereocenters. The van der Waals surface area contributed by atoms with Gasteiger partial charge in [-0.1, -0.05) is 49.4 Å². The van der Waals surface area contributed by atoms with Gasteiger partial charge in [-0.2, -0.15) is 8.78 Å². The molecule has 3 aromatic rings. The Bertz CT molecular complexity index is 976. The van der Waals surface area contributed by atoms with Crippen LogP contribution < -0.4 is 10.1 Å². The predicted octanol–water partition coefficient (Wildman–Crippen LogP) is 3.72. The Kier molecular flexibility index (Phi) is 8.53. The average molecular weight is 443 g/mol. The van der Waals surface area contributed by atoms with Crippen molar-refractivity contribution in [3.05, 3.63) is 77.9 Å². The number of hydrogen-bond acceptors (Lipinski definition) is 4. The van der Waals surface area contributed by atoms with E-state index >= 15 is 0 Å². The summed E-state index contributed by atoms with van der Waals surface area (Å²) in [7, 11) is 1.94. The van der Waals surface area contributed by atoms with Gasteiger partial charge in [0.05, 0.1) is 6.54 Å². The minimum atomic E-state index is -2.83. The summed E-state index contributed by atoms with van der Waals surface area (Å²) in [6.07, 6.45) is 2.55. The Morgan fingerprint density at radius 3 is 2.56 bits per heavy atom.